The van der Waals surface area contributed by atoms with Crippen molar-refractivity contribution in [2.75, 3.05) is 6.54 Å². The predicted octanol–water partition coefficient (Wildman–Crippen LogP) is 3.55. The highest BCUT2D eigenvalue weighted by molar-refractivity contribution is 7.11. The highest BCUT2D eigenvalue weighted by Gasteiger charge is 2.26. The molecule has 0 spiro atoms. The van der Waals surface area contributed by atoms with Crippen LogP contribution in [0.25, 0.3) is 0 Å². The molecule has 0 aliphatic carbocycles. The molecule has 0 aliphatic rings. The Bertz CT molecular complexity index is 481. The first kappa shape index (κ1) is 13.1. The molecule has 0 fully saturated rings. The van der Waals surface area contributed by atoms with Crippen LogP contribution in [0.5, 0.6) is 0 Å². The quantitative estimate of drug-likeness (QED) is 0.903. The highest BCUT2D eigenvalue weighted by atomic mass is 35.5. The first-order valence-electron chi connectivity index (χ1n) is 5.30. The van der Waals surface area contributed by atoms with Gasteiger partial charge in [0, 0.05) is 17.3 Å². The SMILES string of the molecule is Cc1csc(C(O)C(CN)c2cccs2)c1Cl. The fraction of sp³-hybridized carbons (Fsp3) is 0.333. The van der Waals surface area contributed by atoms with Gasteiger partial charge in [-0.05, 0) is 29.3 Å². The highest BCUT2D eigenvalue weighted by Crippen LogP contribution is 2.40. The molecule has 2 aromatic rings. The van der Waals surface area contributed by atoms with Gasteiger partial charge in [-0.1, -0.05) is 17.7 Å². The second-order valence-corrected chi connectivity index (χ2v) is 6.17. The minimum Gasteiger partial charge on any atom is -0.387 e. The molecule has 0 saturated heterocycles. The van der Waals surface area contributed by atoms with E-state index in [1.807, 2.05) is 29.8 Å². The second kappa shape index (κ2) is 5.50. The second-order valence-electron chi connectivity index (χ2n) is 3.90. The average Bonchev–Trinajstić information content (AvgIpc) is 2.92. The van der Waals surface area contributed by atoms with E-state index in [1.165, 1.54) is 11.3 Å². The van der Waals surface area contributed by atoms with E-state index in [4.69, 9.17) is 17.3 Å². The fourth-order valence-corrected chi connectivity index (χ4v) is 3.96. The Morgan fingerprint density at radius 3 is 2.71 bits per heavy atom. The van der Waals surface area contributed by atoms with Crippen molar-refractivity contribution in [3.63, 3.8) is 0 Å². The molecule has 5 heteroatoms. The van der Waals surface area contributed by atoms with E-state index in [0.717, 1.165) is 15.3 Å². The fourth-order valence-electron chi connectivity index (χ4n) is 1.73. The van der Waals surface area contributed by atoms with E-state index >= 15 is 0 Å². The number of halogens is 1. The number of aliphatic hydroxyl groups is 1. The molecule has 17 heavy (non-hydrogen) atoms. The smallest absolute Gasteiger partial charge is 0.0985 e. The summed E-state index contributed by atoms with van der Waals surface area (Å²) in [6.07, 6.45) is -0.621. The maximum absolute atomic E-state index is 10.4. The van der Waals surface area contributed by atoms with Gasteiger partial charge in [0.1, 0.15) is 0 Å². The molecule has 2 aromatic heterocycles. The van der Waals surface area contributed by atoms with Crippen LogP contribution in [0, 0.1) is 6.92 Å². The Labute approximate surface area is 114 Å². The van der Waals surface area contributed by atoms with Crippen molar-refractivity contribution < 1.29 is 5.11 Å². The largest absolute Gasteiger partial charge is 0.387 e. The third kappa shape index (κ3) is 2.56. The van der Waals surface area contributed by atoms with Crippen LogP contribution in [-0.4, -0.2) is 11.7 Å². The molecule has 92 valence electrons. The summed E-state index contributed by atoms with van der Waals surface area (Å²) < 4.78 is 0. The molecule has 2 unspecified atom stereocenters. The van der Waals surface area contributed by atoms with Gasteiger partial charge in [0.2, 0.25) is 0 Å². The summed E-state index contributed by atoms with van der Waals surface area (Å²) in [6.45, 7) is 2.35. The van der Waals surface area contributed by atoms with E-state index in [9.17, 15) is 5.11 Å². The van der Waals surface area contributed by atoms with Crippen LogP contribution < -0.4 is 5.73 Å². The lowest BCUT2D eigenvalue weighted by Crippen LogP contribution is -2.18. The number of aryl methyl sites for hydroxylation is 1. The standard InChI is InChI=1S/C12H14ClNOS2/c1-7-6-17-12(10(7)13)11(15)8(5-14)9-3-2-4-16-9/h2-4,6,8,11,15H,5,14H2,1H3. The lowest BCUT2D eigenvalue weighted by Gasteiger charge is -2.19. The topological polar surface area (TPSA) is 46.2 Å². The molecule has 0 aliphatic heterocycles. The molecule has 0 aromatic carbocycles. The summed E-state index contributed by atoms with van der Waals surface area (Å²) in [5.41, 5.74) is 6.77. The van der Waals surface area contributed by atoms with Gasteiger partial charge in [0.25, 0.3) is 0 Å². The molecule has 0 amide bonds. The molecule has 2 nitrogen and oxygen atoms in total. The summed E-state index contributed by atoms with van der Waals surface area (Å²) in [4.78, 5) is 1.91. The van der Waals surface area contributed by atoms with Gasteiger partial charge in [-0.2, -0.15) is 0 Å². The van der Waals surface area contributed by atoms with E-state index in [2.05, 4.69) is 0 Å². The van der Waals surface area contributed by atoms with E-state index < -0.39 is 6.10 Å². The van der Waals surface area contributed by atoms with Crippen molar-refractivity contribution in [3.8, 4) is 0 Å². The number of thiophene rings is 2. The summed E-state index contributed by atoms with van der Waals surface area (Å²) >= 11 is 9.28. The molecule has 2 rings (SSSR count). The molecule has 0 bridgehead atoms. The lowest BCUT2D eigenvalue weighted by molar-refractivity contribution is 0.152. The molecular weight excluding hydrogens is 274 g/mol. The van der Waals surface area contributed by atoms with Crippen LogP contribution in [0.4, 0.5) is 0 Å². The van der Waals surface area contributed by atoms with Crippen molar-refractivity contribution >= 4 is 34.3 Å². The maximum atomic E-state index is 10.4. The van der Waals surface area contributed by atoms with E-state index in [1.54, 1.807) is 11.3 Å². The summed E-state index contributed by atoms with van der Waals surface area (Å²) in [5.74, 6) is -0.0782. The van der Waals surface area contributed by atoms with Crippen molar-refractivity contribution in [1.29, 1.82) is 0 Å². The van der Waals surface area contributed by atoms with Gasteiger partial charge < -0.3 is 10.8 Å². The Balaban J connectivity index is 2.29. The maximum Gasteiger partial charge on any atom is 0.0985 e. The van der Waals surface area contributed by atoms with Crippen LogP contribution in [0.1, 0.15) is 27.3 Å². The zero-order valence-corrected chi connectivity index (χ0v) is 11.8. The third-order valence-electron chi connectivity index (χ3n) is 2.74. The molecular formula is C12H14ClNOS2. The van der Waals surface area contributed by atoms with Crippen LogP contribution in [0.2, 0.25) is 5.02 Å². The summed E-state index contributed by atoms with van der Waals surface area (Å²) in [5, 5.41) is 15.0. The summed E-state index contributed by atoms with van der Waals surface area (Å²) in [6, 6.07) is 3.97. The zero-order chi connectivity index (χ0) is 12.4. The number of hydrogen-bond donors (Lipinski definition) is 2. The number of nitrogens with two attached hydrogens (primary N) is 1. The van der Waals surface area contributed by atoms with Gasteiger partial charge in [-0.15, -0.1) is 22.7 Å². The van der Waals surface area contributed by atoms with Crippen molar-refractivity contribution in [2.45, 2.75) is 18.9 Å². The summed E-state index contributed by atoms with van der Waals surface area (Å²) in [7, 11) is 0. The minimum absolute atomic E-state index is 0.0782. The zero-order valence-electron chi connectivity index (χ0n) is 9.39. The predicted molar refractivity (Wildman–Crippen MR) is 75.1 cm³/mol. The normalized spacial score (nSPS) is 14.8. The Hall–Kier alpha value is -0.390. The van der Waals surface area contributed by atoms with Crippen LogP contribution in [0.3, 0.4) is 0 Å². The van der Waals surface area contributed by atoms with Crippen molar-refractivity contribution in [2.24, 2.45) is 5.73 Å². The van der Waals surface area contributed by atoms with Crippen LogP contribution in [0.15, 0.2) is 22.9 Å². The average molecular weight is 288 g/mol. The molecule has 2 atom stereocenters. The number of aliphatic hydroxyl groups excluding tert-OH is 1. The molecule has 2 heterocycles. The van der Waals surface area contributed by atoms with Gasteiger partial charge in [-0.25, -0.2) is 0 Å². The first-order valence-corrected chi connectivity index (χ1v) is 7.44. The Morgan fingerprint density at radius 1 is 1.47 bits per heavy atom. The number of rotatable bonds is 4. The Kier molecular flexibility index (Phi) is 4.22. The van der Waals surface area contributed by atoms with Crippen LogP contribution >= 0.6 is 34.3 Å². The van der Waals surface area contributed by atoms with Gasteiger partial charge in [0.05, 0.1) is 16.0 Å². The molecule has 3 N–H and O–H groups in total. The van der Waals surface area contributed by atoms with E-state index in [-0.39, 0.29) is 5.92 Å². The molecule has 0 saturated carbocycles. The van der Waals surface area contributed by atoms with Gasteiger partial charge in [0.15, 0.2) is 0 Å². The minimum atomic E-state index is -0.621. The van der Waals surface area contributed by atoms with Gasteiger partial charge in [-0.3, -0.25) is 0 Å². The first-order chi connectivity index (χ1) is 8.15. The molecule has 0 radical (unpaired) electrons. The van der Waals surface area contributed by atoms with Gasteiger partial charge >= 0.3 is 0 Å². The van der Waals surface area contributed by atoms with Crippen molar-refractivity contribution in [1.82, 2.24) is 0 Å². The lowest BCUT2D eigenvalue weighted by atomic mass is 9.99. The third-order valence-corrected chi connectivity index (χ3v) is 5.53. The Morgan fingerprint density at radius 2 is 2.24 bits per heavy atom. The van der Waals surface area contributed by atoms with Crippen LogP contribution in [-0.2, 0) is 0 Å². The van der Waals surface area contributed by atoms with E-state index in [0.29, 0.717) is 11.6 Å². The van der Waals surface area contributed by atoms with Crippen molar-refractivity contribution in [3.05, 3.63) is 43.2 Å². The monoisotopic (exact) mass is 287 g/mol. The number of hydrogen-bond acceptors (Lipinski definition) is 4.